The second kappa shape index (κ2) is 12.4. The van der Waals surface area contributed by atoms with Crippen LogP contribution in [0, 0.1) is 0 Å². The van der Waals surface area contributed by atoms with Gasteiger partial charge in [-0.2, -0.15) is 13.2 Å². The molecule has 0 bridgehead atoms. The third-order valence-corrected chi connectivity index (χ3v) is 9.21. The van der Waals surface area contributed by atoms with E-state index in [1.807, 2.05) is 24.6 Å². The number of sulfonamides is 1. The number of hydrogen-bond donors (Lipinski definition) is 1. The summed E-state index contributed by atoms with van der Waals surface area (Å²) in [5.41, 5.74) is 1.02. The highest BCUT2D eigenvalue weighted by Crippen LogP contribution is 2.45. The van der Waals surface area contributed by atoms with Crippen molar-refractivity contribution in [1.82, 2.24) is 9.71 Å². The number of fused-ring (bicyclic) bond motifs is 2. The molecule has 0 saturated heterocycles. The predicted octanol–water partition coefficient (Wildman–Crippen LogP) is 5.96. The molecule has 1 aromatic heterocycles. The Balaban J connectivity index is 1.37. The predicted molar refractivity (Wildman–Crippen MR) is 162 cm³/mol. The van der Waals surface area contributed by atoms with E-state index in [9.17, 15) is 31.2 Å². The molecule has 13 heteroatoms. The fourth-order valence-corrected chi connectivity index (χ4v) is 6.44. The molecule has 1 aliphatic heterocycles. The smallest absolute Gasteiger partial charge is 0.416 e. The van der Waals surface area contributed by atoms with E-state index in [4.69, 9.17) is 9.47 Å². The van der Waals surface area contributed by atoms with E-state index in [0.29, 0.717) is 58.0 Å². The first-order valence-corrected chi connectivity index (χ1v) is 15.7. The van der Waals surface area contributed by atoms with Crippen LogP contribution < -0.4 is 19.1 Å². The molecule has 236 valence electrons. The SMILES string of the molecule is CCOc1c2c(c(OCC)c3ncccc13)CN(c1ccc(C(C)S(=O)(=O)NC(=O)Cc3ccccc3C(F)(F)F)cc1)C2=O. The van der Waals surface area contributed by atoms with Gasteiger partial charge in [0.05, 0.1) is 37.3 Å². The fourth-order valence-electron chi connectivity index (χ4n) is 5.35. The summed E-state index contributed by atoms with van der Waals surface area (Å²) in [7, 11) is -4.31. The van der Waals surface area contributed by atoms with Gasteiger partial charge in [0.2, 0.25) is 15.9 Å². The van der Waals surface area contributed by atoms with Crippen LogP contribution in [0.25, 0.3) is 10.9 Å². The Kier molecular flexibility index (Phi) is 8.74. The number of ether oxygens (including phenoxy) is 2. The largest absolute Gasteiger partial charge is 0.492 e. The summed E-state index contributed by atoms with van der Waals surface area (Å²) in [5.74, 6) is -0.503. The molecular weight excluding hydrogens is 611 g/mol. The van der Waals surface area contributed by atoms with Crippen LogP contribution >= 0.6 is 0 Å². The Hall–Kier alpha value is -4.65. The average Bonchev–Trinajstić information content (AvgIpc) is 3.34. The van der Waals surface area contributed by atoms with Crippen molar-refractivity contribution in [2.45, 2.75) is 45.2 Å². The third kappa shape index (κ3) is 6.17. The van der Waals surface area contributed by atoms with Gasteiger partial charge in [-0.3, -0.25) is 19.3 Å². The van der Waals surface area contributed by atoms with Crippen LogP contribution in [0.1, 0.15) is 58.6 Å². The van der Waals surface area contributed by atoms with E-state index < -0.39 is 39.3 Å². The van der Waals surface area contributed by atoms with Crippen LogP contribution in [0.4, 0.5) is 18.9 Å². The maximum absolute atomic E-state index is 13.8. The Morgan fingerprint density at radius 2 is 1.67 bits per heavy atom. The minimum absolute atomic E-state index is 0.165. The molecule has 0 aliphatic carbocycles. The highest BCUT2D eigenvalue weighted by molar-refractivity contribution is 7.90. The fraction of sp³-hybridized carbons (Fsp3) is 0.281. The van der Waals surface area contributed by atoms with Crippen LogP contribution in [0.5, 0.6) is 11.5 Å². The minimum atomic E-state index is -4.69. The van der Waals surface area contributed by atoms with Crippen LogP contribution in [-0.2, 0) is 34.0 Å². The molecule has 0 spiro atoms. The summed E-state index contributed by atoms with van der Waals surface area (Å²) in [6, 6.07) is 14.3. The molecule has 9 nitrogen and oxygen atoms in total. The number of rotatable bonds is 10. The molecule has 1 unspecified atom stereocenters. The number of nitrogens with zero attached hydrogens (tertiary/aromatic N) is 2. The first-order valence-electron chi connectivity index (χ1n) is 14.2. The number of aromatic nitrogens is 1. The van der Waals surface area contributed by atoms with E-state index in [0.717, 1.165) is 12.1 Å². The molecule has 1 aliphatic rings. The molecule has 2 amide bonds. The standard InChI is InChI=1S/C32H30F3N3O6S/c1-4-43-29-23-10-8-16-36-28(23)30(44-5-2)24-18-38(31(40)27(24)29)22-14-12-20(13-15-22)19(3)45(41,42)37-26(39)17-21-9-6-7-11-25(21)32(33,34)35/h6-16,19H,4-5,17-18H2,1-3H3,(H,37,39). The molecule has 4 aromatic rings. The Morgan fingerprint density at radius 3 is 2.33 bits per heavy atom. The lowest BCUT2D eigenvalue weighted by Crippen LogP contribution is -2.35. The highest BCUT2D eigenvalue weighted by Gasteiger charge is 2.38. The molecule has 3 aromatic carbocycles. The lowest BCUT2D eigenvalue weighted by Gasteiger charge is -2.19. The molecule has 1 N–H and O–H groups in total. The van der Waals surface area contributed by atoms with Gasteiger partial charge >= 0.3 is 6.18 Å². The van der Waals surface area contributed by atoms with Crippen molar-refractivity contribution >= 4 is 38.4 Å². The summed E-state index contributed by atoms with van der Waals surface area (Å²) < 4.78 is 79.8. The van der Waals surface area contributed by atoms with Gasteiger partial charge in [-0.25, -0.2) is 8.42 Å². The van der Waals surface area contributed by atoms with Crippen LogP contribution in [0.2, 0.25) is 0 Å². The maximum atomic E-state index is 13.8. The van der Waals surface area contributed by atoms with Crippen molar-refractivity contribution in [3.8, 4) is 11.5 Å². The second-order valence-corrected chi connectivity index (χ2v) is 12.3. The van der Waals surface area contributed by atoms with Gasteiger partial charge < -0.3 is 14.4 Å². The summed E-state index contributed by atoms with van der Waals surface area (Å²) in [6.45, 7) is 5.85. The molecule has 0 saturated carbocycles. The van der Waals surface area contributed by atoms with Crippen molar-refractivity contribution in [2.24, 2.45) is 0 Å². The first-order chi connectivity index (χ1) is 21.4. The second-order valence-electron chi connectivity index (χ2n) is 10.3. The molecule has 1 atom stereocenters. The van der Waals surface area contributed by atoms with E-state index in [1.165, 1.54) is 36.1 Å². The molecule has 0 fully saturated rings. The van der Waals surface area contributed by atoms with Crippen molar-refractivity contribution < 1.29 is 40.7 Å². The van der Waals surface area contributed by atoms with E-state index in [-0.39, 0.29) is 18.0 Å². The van der Waals surface area contributed by atoms with Crippen LogP contribution in [-0.4, -0.2) is 38.4 Å². The number of carbonyl (C=O) groups is 2. The van der Waals surface area contributed by atoms with Gasteiger partial charge in [-0.05, 0) is 62.2 Å². The van der Waals surface area contributed by atoms with Crippen molar-refractivity contribution in [1.29, 1.82) is 0 Å². The molecular formula is C32H30F3N3O6S. The lowest BCUT2D eigenvalue weighted by molar-refractivity contribution is -0.138. The average molecular weight is 642 g/mol. The van der Waals surface area contributed by atoms with Crippen LogP contribution in [0.3, 0.4) is 0 Å². The Labute approximate surface area is 258 Å². The summed E-state index contributed by atoms with van der Waals surface area (Å²) >= 11 is 0. The van der Waals surface area contributed by atoms with Gasteiger partial charge in [0.25, 0.3) is 5.91 Å². The number of nitrogens with one attached hydrogen (secondary N) is 1. The zero-order valence-corrected chi connectivity index (χ0v) is 25.5. The van der Waals surface area contributed by atoms with Gasteiger partial charge in [-0.1, -0.05) is 30.3 Å². The van der Waals surface area contributed by atoms with Crippen molar-refractivity contribution in [2.75, 3.05) is 18.1 Å². The molecule has 0 radical (unpaired) electrons. The quantitative estimate of drug-likeness (QED) is 0.227. The number of pyridine rings is 1. The van der Waals surface area contributed by atoms with Crippen LogP contribution in [0.15, 0.2) is 66.9 Å². The normalized spacial score (nSPS) is 13.9. The third-order valence-electron chi connectivity index (χ3n) is 7.49. The number of amides is 2. The number of benzene rings is 3. The van der Waals surface area contributed by atoms with E-state index in [2.05, 4.69) is 4.98 Å². The Morgan fingerprint density at radius 1 is 1.00 bits per heavy atom. The molecule has 5 rings (SSSR count). The van der Waals surface area contributed by atoms with Gasteiger partial charge in [0, 0.05) is 22.8 Å². The number of halogens is 3. The molecule has 45 heavy (non-hydrogen) atoms. The number of alkyl halides is 3. The minimum Gasteiger partial charge on any atom is -0.492 e. The lowest BCUT2D eigenvalue weighted by atomic mass is 10.0. The number of anilines is 1. The van der Waals surface area contributed by atoms with Gasteiger partial charge in [0.1, 0.15) is 16.5 Å². The Bertz CT molecular complexity index is 1880. The summed E-state index contributed by atoms with van der Waals surface area (Å²) in [5, 5.41) is -0.583. The van der Waals surface area contributed by atoms with Gasteiger partial charge in [0.15, 0.2) is 5.75 Å². The molecule has 2 heterocycles. The summed E-state index contributed by atoms with van der Waals surface area (Å²) in [4.78, 5) is 32.3. The topological polar surface area (TPSA) is 115 Å². The van der Waals surface area contributed by atoms with Gasteiger partial charge in [-0.15, -0.1) is 0 Å². The number of hydrogen-bond acceptors (Lipinski definition) is 7. The zero-order valence-electron chi connectivity index (χ0n) is 24.6. The van der Waals surface area contributed by atoms with E-state index >= 15 is 0 Å². The van der Waals surface area contributed by atoms with E-state index in [1.54, 1.807) is 24.4 Å². The summed E-state index contributed by atoms with van der Waals surface area (Å²) in [6.07, 6.45) is -3.82. The van der Waals surface area contributed by atoms with Crippen molar-refractivity contribution in [3.63, 3.8) is 0 Å². The highest BCUT2D eigenvalue weighted by atomic mass is 32.2. The zero-order chi connectivity index (χ0) is 32.5. The maximum Gasteiger partial charge on any atom is 0.416 e. The monoisotopic (exact) mass is 641 g/mol. The first kappa shape index (κ1) is 31.8. The van der Waals surface area contributed by atoms with Crippen molar-refractivity contribution in [3.05, 3.63) is 94.7 Å². The number of carbonyl (C=O) groups excluding carboxylic acids is 2.